The molecule has 10 N–H and O–H groups in total. The van der Waals surface area contributed by atoms with Crippen molar-refractivity contribution in [2.45, 2.75) is 56.5 Å². The summed E-state index contributed by atoms with van der Waals surface area (Å²) in [4.78, 5) is 69.5. The molecule has 0 aliphatic rings. The number of aliphatic hydroxyl groups is 2. The van der Waals surface area contributed by atoms with E-state index >= 15 is 0 Å². The maximum absolute atomic E-state index is 12.5. The van der Waals surface area contributed by atoms with E-state index in [4.69, 9.17) is 26.2 Å². The third-order valence-corrected chi connectivity index (χ3v) is 3.91. The molecule has 5 atom stereocenters. The number of hydrogen-bond donors (Lipinski definition) is 9. The van der Waals surface area contributed by atoms with E-state index in [1.807, 2.05) is 10.6 Å². The monoisotopic (exact) mass is 450 g/mol. The van der Waals surface area contributed by atoms with Crippen LogP contribution in [-0.2, 0) is 28.8 Å². The van der Waals surface area contributed by atoms with Gasteiger partial charge < -0.3 is 47.2 Å². The lowest BCUT2D eigenvalue weighted by Gasteiger charge is -2.24. The summed E-state index contributed by atoms with van der Waals surface area (Å²) in [5.74, 6) is -7.88. The van der Waals surface area contributed by atoms with Crippen molar-refractivity contribution in [1.29, 1.82) is 0 Å². The summed E-state index contributed by atoms with van der Waals surface area (Å²) in [6.07, 6.45) is -3.35. The summed E-state index contributed by atoms with van der Waals surface area (Å²) >= 11 is 0. The molecule has 0 aromatic heterocycles. The standard InChI is InChI=1S/C16H26N4O11/c1-6(22)12(17)15(29)18-7(2-3-10(23)24)13(27)19-8(4-11(25)26)14(28)20-9(5-21)16(30)31/h6-9,12,21-22H,2-5,17H2,1H3,(H,18,29)(H,19,27)(H,20,28)(H,23,24)(H,25,26)(H,30,31). The number of carbonyl (C=O) groups is 6. The lowest BCUT2D eigenvalue weighted by atomic mass is 10.1. The van der Waals surface area contributed by atoms with Crippen LogP contribution in [0.25, 0.3) is 0 Å². The number of amides is 3. The molecule has 15 nitrogen and oxygen atoms in total. The number of nitrogens with two attached hydrogens (primary N) is 1. The summed E-state index contributed by atoms with van der Waals surface area (Å²) in [6, 6.07) is -6.61. The van der Waals surface area contributed by atoms with E-state index in [0.717, 1.165) is 0 Å². The summed E-state index contributed by atoms with van der Waals surface area (Å²) in [5, 5.41) is 50.9. The zero-order chi connectivity index (χ0) is 24.3. The maximum atomic E-state index is 12.5. The highest BCUT2D eigenvalue weighted by Crippen LogP contribution is 2.03. The van der Waals surface area contributed by atoms with Crippen LogP contribution in [0.1, 0.15) is 26.2 Å². The second kappa shape index (κ2) is 13.1. The minimum Gasteiger partial charge on any atom is -0.481 e. The molecular weight excluding hydrogens is 424 g/mol. The number of carboxylic acids is 3. The molecule has 0 aromatic carbocycles. The van der Waals surface area contributed by atoms with Crippen molar-refractivity contribution < 1.29 is 54.3 Å². The van der Waals surface area contributed by atoms with Gasteiger partial charge in [0.15, 0.2) is 0 Å². The molecule has 5 unspecified atom stereocenters. The predicted octanol–water partition coefficient (Wildman–Crippen LogP) is -4.43. The molecule has 0 aliphatic heterocycles. The first-order chi connectivity index (χ1) is 14.3. The van der Waals surface area contributed by atoms with Gasteiger partial charge in [0.05, 0.1) is 19.1 Å². The van der Waals surface area contributed by atoms with E-state index in [2.05, 4.69) is 5.32 Å². The third-order valence-electron chi connectivity index (χ3n) is 3.91. The molecule has 0 radical (unpaired) electrons. The molecule has 3 amide bonds. The number of aliphatic hydroxyl groups excluding tert-OH is 2. The Hall–Kier alpha value is -3.30. The number of aliphatic carboxylic acids is 3. The van der Waals surface area contributed by atoms with Crippen molar-refractivity contribution in [3.63, 3.8) is 0 Å². The molecule has 0 fully saturated rings. The molecular formula is C16H26N4O11. The minimum atomic E-state index is -1.81. The maximum Gasteiger partial charge on any atom is 0.328 e. The Morgan fingerprint density at radius 3 is 1.71 bits per heavy atom. The van der Waals surface area contributed by atoms with Crippen molar-refractivity contribution in [2.75, 3.05) is 6.61 Å². The fourth-order valence-electron chi connectivity index (χ4n) is 2.14. The summed E-state index contributed by atoms with van der Waals surface area (Å²) in [7, 11) is 0. The Morgan fingerprint density at radius 2 is 1.29 bits per heavy atom. The van der Waals surface area contributed by atoms with E-state index in [1.165, 1.54) is 6.92 Å². The number of carboxylic acid groups (broad SMARTS) is 3. The highest BCUT2D eigenvalue weighted by Gasteiger charge is 2.32. The van der Waals surface area contributed by atoms with E-state index in [0.29, 0.717) is 0 Å². The summed E-state index contributed by atoms with van der Waals surface area (Å²) < 4.78 is 0. The highest BCUT2D eigenvalue weighted by atomic mass is 16.4. The van der Waals surface area contributed by atoms with Gasteiger partial charge >= 0.3 is 17.9 Å². The van der Waals surface area contributed by atoms with E-state index in [9.17, 15) is 33.9 Å². The van der Waals surface area contributed by atoms with Gasteiger partial charge in [-0.25, -0.2) is 4.79 Å². The number of hydrogen-bond acceptors (Lipinski definition) is 9. The van der Waals surface area contributed by atoms with Crippen molar-refractivity contribution in [3.05, 3.63) is 0 Å². The zero-order valence-corrected chi connectivity index (χ0v) is 16.5. The SMILES string of the molecule is CC(O)C(N)C(=O)NC(CCC(=O)O)C(=O)NC(CC(=O)O)C(=O)NC(CO)C(=O)O. The molecule has 0 saturated heterocycles. The second-order valence-corrected chi connectivity index (χ2v) is 6.50. The van der Waals surface area contributed by atoms with Gasteiger partial charge in [-0.2, -0.15) is 0 Å². The van der Waals surface area contributed by atoms with Gasteiger partial charge in [0.1, 0.15) is 24.2 Å². The van der Waals surface area contributed by atoms with Gasteiger partial charge in [-0.1, -0.05) is 0 Å². The van der Waals surface area contributed by atoms with Crippen molar-refractivity contribution in [3.8, 4) is 0 Å². The first kappa shape index (κ1) is 27.7. The van der Waals surface area contributed by atoms with Crippen LogP contribution < -0.4 is 21.7 Å². The summed E-state index contributed by atoms with van der Waals surface area (Å²) in [6.45, 7) is 0.188. The van der Waals surface area contributed by atoms with Crippen LogP contribution in [0.3, 0.4) is 0 Å². The van der Waals surface area contributed by atoms with E-state index in [-0.39, 0.29) is 0 Å². The molecule has 0 aromatic rings. The van der Waals surface area contributed by atoms with Crippen LogP contribution in [0.4, 0.5) is 0 Å². The Morgan fingerprint density at radius 1 is 0.806 bits per heavy atom. The Bertz CT molecular complexity index is 697. The first-order valence-electron chi connectivity index (χ1n) is 8.92. The molecule has 0 heterocycles. The van der Waals surface area contributed by atoms with Crippen LogP contribution in [0.2, 0.25) is 0 Å². The largest absolute Gasteiger partial charge is 0.481 e. The molecule has 15 heteroatoms. The molecule has 176 valence electrons. The van der Waals surface area contributed by atoms with Gasteiger partial charge in [-0.15, -0.1) is 0 Å². The topological polar surface area (TPSA) is 266 Å². The van der Waals surface area contributed by atoms with Crippen LogP contribution in [0, 0.1) is 0 Å². The van der Waals surface area contributed by atoms with E-state index < -0.39 is 91.8 Å². The van der Waals surface area contributed by atoms with Crippen LogP contribution in [0.15, 0.2) is 0 Å². The second-order valence-electron chi connectivity index (χ2n) is 6.50. The smallest absolute Gasteiger partial charge is 0.328 e. The Kier molecular flexibility index (Phi) is 11.7. The average Bonchev–Trinajstić information content (AvgIpc) is 2.66. The number of rotatable bonds is 14. The fraction of sp³-hybridized carbons (Fsp3) is 0.625. The van der Waals surface area contributed by atoms with Gasteiger partial charge in [0, 0.05) is 6.42 Å². The molecule has 31 heavy (non-hydrogen) atoms. The van der Waals surface area contributed by atoms with Crippen molar-refractivity contribution in [1.82, 2.24) is 16.0 Å². The predicted molar refractivity (Wildman–Crippen MR) is 99.3 cm³/mol. The summed E-state index contributed by atoms with van der Waals surface area (Å²) in [5.41, 5.74) is 5.45. The third kappa shape index (κ3) is 10.3. The highest BCUT2D eigenvalue weighted by molar-refractivity contribution is 5.95. The molecule has 0 spiro atoms. The van der Waals surface area contributed by atoms with Crippen molar-refractivity contribution >= 4 is 35.6 Å². The molecule has 0 bridgehead atoms. The number of nitrogens with one attached hydrogen (secondary N) is 3. The van der Waals surface area contributed by atoms with Crippen LogP contribution >= 0.6 is 0 Å². The van der Waals surface area contributed by atoms with Crippen LogP contribution in [0.5, 0.6) is 0 Å². The van der Waals surface area contributed by atoms with Gasteiger partial charge in [0.25, 0.3) is 0 Å². The Balaban J connectivity index is 5.51. The minimum absolute atomic E-state index is 0.463. The Labute approximate surface area is 175 Å². The zero-order valence-electron chi connectivity index (χ0n) is 16.5. The molecule has 0 rings (SSSR count). The fourth-order valence-corrected chi connectivity index (χ4v) is 2.14. The van der Waals surface area contributed by atoms with Crippen molar-refractivity contribution in [2.24, 2.45) is 5.73 Å². The molecule has 0 saturated carbocycles. The van der Waals surface area contributed by atoms with Gasteiger partial charge in [0.2, 0.25) is 17.7 Å². The molecule has 0 aliphatic carbocycles. The quantitative estimate of drug-likeness (QED) is 0.121. The lowest BCUT2D eigenvalue weighted by molar-refractivity contribution is -0.144. The normalized spacial score (nSPS) is 15.5. The van der Waals surface area contributed by atoms with Gasteiger partial charge in [-0.3, -0.25) is 24.0 Å². The van der Waals surface area contributed by atoms with E-state index in [1.54, 1.807) is 0 Å². The first-order valence-corrected chi connectivity index (χ1v) is 8.92. The number of carbonyl (C=O) groups excluding carboxylic acids is 3. The van der Waals surface area contributed by atoms with Gasteiger partial charge in [-0.05, 0) is 13.3 Å². The lowest BCUT2D eigenvalue weighted by Crippen LogP contribution is -2.58. The van der Waals surface area contributed by atoms with Crippen LogP contribution in [-0.4, -0.2) is 98.0 Å². The average molecular weight is 450 g/mol.